The first-order valence-electron chi connectivity index (χ1n) is 8.68. The molecule has 0 aliphatic rings. The quantitative estimate of drug-likeness (QED) is 0.436. The van der Waals surface area contributed by atoms with Crippen LogP contribution in [-0.4, -0.2) is 23.0 Å². The van der Waals surface area contributed by atoms with Crippen LogP contribution in [0, 0.1) is 6.92 Å². The van der Waals surface area contributed by atoms with Crippen LogP contribution in [0.25, 0.3) is 11.1 Å². The molecule has 1 aromatic carbocycles. The summed E-state index contributed by atoms with van der Waals surface area (Å²) in [6, 6.07) is 11.0. The Balaban J connectivity index is 2.01. The van der Waals surface area contributed by atoms with Crippen molar-refractivity contribution in [2.75, 3.05) is 5.32 Å². The Morgan fingerprint density at radius 3 is 2.54 bits per heavy atom. The standard InChI is InChI=1S/C21H19ClN2O3S/c1-12(2)27-21(26)17-16(14-8-6-13(3)7-9-14)11-28-20(17)24-19(25)15-5-4-10-23-18(15)22/h4-12H,1-3H3,(H,24,25). The zero-order valence-electron chi connectivity index (χ0n) is 15.7. The van der Waals surface area contributed by atoms with E-state index in [0.717, 1.165) is 11.1 Å². The van der Waals surface area contributed by atoms with E-state index < -0.39 is 11.9 Å². The number of rotatable bonds is 5. The molecule has 0 unspecified atom stereocenters. The Labute approximate surface area is 172 Å². The molecule has 2 heterocycles. The molecule has 0 atom stereocenters. The lowest BCUT2D eigenvalue weighted by Gasteiger charge is -2.12. The van der Waals surface area contributed by atoms with Crippen molar-refractivity contribution in [1.82, 2.24) is 4.98 Å². The minimum atomic E-state index is -0.487. The number of nitrogens with zero attached hydrogens (tertiary/aromatic N) is 1. The van der Waals surface area contributed by atoms with Gasteiger partial charge < -0.3 is 10.1 Å². The molecule has 0 aliphatic heterocycles. The van der Waals surface area contributed by atoms with E-state index in [-0.39, 0.29) is 16.8 Å². The molecule has 0 aliphatic carbocycles. The van der Waals surface area contributed by atoms with Gasteiger partial charge in [0.25, 0.3) is 5.91 Å². The maximum Gasteiger partial charge on any atom is 0.342 e. The van der Waals surface area contributed by atoms with Gasteiger partial charge in [0.15, 0.2) is 0 Å². The van der Waals surface area contributed by atoms with Gasteiger partial charge in [-0.2, -0.15) is 0 Å². The number of ether oxygens (including phenoxy) is 1. The molecule has 2 aromatic heterocycles. The number of hydrogen-bond donors (Lipinski definition) is 1. The Kier molecular flexibility index (Phi) is 6.11. The second-order valence-corrected chi connectivity index (χ2v) is 7.71. The van der Waals surface area contributed by atoms with E-state index in [1.807, 2.05) is 36.6 Å². The van der Waals surface area contributed by atoms with Gasteiger partial charge in [-0.05, 0) is 38.5 Å². The number of benzene rings is 1. The number of anilines is 1. The number of carbonyl (C=O) groups is 2. The second kappa shape index (κ2) is 8.54. The van der Waals surface area contributed by atoms with Gasteiger partial charge in [0, 0.05) is 17.1 Å². The maximum absolute atomic E-state index is 12.8. The molecule has 0 spiro atoms. The van der Waals surface area contributed by atoms with Gasteiger partial charge in [-0.3, -0.25) is 4.79 Å². The summed E-state index contributed by atoms with van der Waals surface area (Å²) in [5.74, 6) is -0.923. The average molecular weight is 415 g/mol. The molecule has 0 bridgehead atoms. The first kappa shape index (κ1) is 20.0. The molecule has 1 N–H and O–H groups in total. The van der Waals surface area contributed by atoms with Crippen LogP contribution in [-0.2, 0) is 4.74 Å². The van der Waals surface area contributed by atoms with Crippen LogP contribution < -0.4 is 5.32 Å². The van der Waals surface area contributed by atoms with Crippen molar-refractivity contribution in [2.24, 2.45) is 0 Å². The summed E-state index contributed by atoms with van der Waals surface area (Å²) in [6.45, 7) is 5.56. The topological polar surface area (TPSA) is 68.3 Å². The Bertz CT molecular complexity index is 1010. The van der Waals surface area contributed by atoms with E-state index in [2.05, 4.69) is 10.3 Å². The van der Waals surface area contributed by atoms with E-state index in [0.29, 0.717) is 16.1 Å². The second-order valence-electron chi connectivity index (χ2n) is 6.47. The van der Waals surface area contributed by atoms with E-state index in [1.54, 1.807) is 26.0 Å². The summed E-state index contributed by atoms with van der Waals surface area (Å²) < 4.78 is 5.41. The van der Waals surface area contributed by atoms with Crippen LogP contribution in [0.4, 0.5) is 5.00 Å². The zero-order chi connectivity index (χ0) is 20.3. The summed E-state index contributed by atoms with van der Waals surface area (Å²) in [5.41, 5.74) is 3.26. The summed E-state index contributed by atoms with van der Waals surface area (Å²) in [4.78, 5) is 29.3. The van der Waals surface area contributed by atoms with Crippen LogP contribution in [0.5, 0.6) is 0 Å². The number of esters is 1. The Morgan fingerprint density at radius 1 is 1.18 bits per heavy atom. The van der Waals surface area contributed by atoms with E-state index in [9.17, 15) is 9.59 Å². The number of carbonyl (C=O) groups excluding carboxylic acids is 2. The van der Waals surface area contributed by atoms with E-state index in [4.69, 9.17) is 16.3 Å². The van der Waals surface area contributed by atoms with Gasteiger partial charge in [0.2, 0.25) is 0 Å². The molecular weight excluding hydrogens is 396 g/mol. The summed E-state index contributed by atoms with van der Waals surface area (Å²) in [6.07, 6.45) is 1.22. The lowest BCUT2D eigenvalue weighted by Crippen LogP contribution is -2.17. The van der Waals surface area contributed by atoms with Gasteiger partial charge in [-0.25, -0.2) is 9.78 Å². The van der Waals surface area contributed by atoms with Crippen molar-refractivity contribution in [1.29, 1.82) is 0 Å². The molecule has 0 radical (unpaired) electrons. The molecule has 0 saturated carbocycles. The maximum atomic E-state index is 12.8. The molecular formula is C21H19ClN2O3S. The third-order valence-electron chi connectivity index (χ3n) is 3.93. The number of aryl methyl sites for hydroxylation is 1. The normalized spacial score (nSPS) is 10.8. The third-order valence-corrected chi connectivity index (χ3v) is 5.13. The van der Waals surface area contributed by atoms with Crippen molar-refractivity contribution in [3.8, 4) is 11.1 Å². The van der Waals surface area contributed by atoms with E-state index in [1.165, 1.54) is 17.5 Å². The molecule has 144 valence electrons. The first-order valence-corrected chi connectivity index (χ1v) is 9.94. The zero-order valence-corrected chi connectivity index (χ0v) is 17.2. The Hall–Kier alpha value is -2.70. The smallest absolute Gasteiger partial charge is 0.342 e. The highest BCUT2D eigenvalue weighted by atomic mass is 35.5. The molecule has 7 heteroatoms. The molecule has 5 nitrogen and oxygen atoms in total. The van der Waals surface area contributed by atoms with Crippen molar-refractivity contribution < 1.29 is 14.3 Å². The average Bonchev–Trinajstić information content (AvgIpc) is 3.05. The van der Waals surface area contributed by atoms with Crippen LogP contribution in [0.1, 0.15) is 40.1 Å². The minimum Gasteiger partial charge on any atom is -0.459 e. The number of hydrogen-bond acceptors (Lipinski definition) is 5. The SMILES string of the molecule is Cc1ccc(-c2csc(NC(=O)c3cccnc3Cl)c2C(=O)OC(C)C)cc1. The molecule has 0 fully saturated rings. The van der Waals surface area contributed by atoms with Crippen LogP contribution in [0.2, 0.25) is 5.15 Å². The van der Waals surface area contributed by atoms with Gasteiger partial charge in [0.1, 0.15) is 15.7 Å². The predicted octanol–water partition coefficient (Wildman–Crippen LogP) is 5.59. The van der Waals surface area contributed by atoms with Crippen LogP contribution in [0.3, 0.4) is 0 Å². The molecule has 1 amide bonds. The van der Waals surface area contributed by atoms with Gasteiger partial charge >= 0.3 is 5.97 Å². The largest absolute Gasteiger partial charge is 0.459 e. The number of halogens is 1. The number of aromatic nitrogens is 1. The molecule has 28 heavy (non-hydrogen) atoms. The highest BCUT2D eigenvalue weighted by molar-refractivity contribution is 7.15. The number of nitrogens with one attached hydrogen (secondary N) is 1. The summed E-state index contributed by atoms with van der Waals surface area (Å²) in [7, 11) is 0. The molecule has 3 aromatic rings. The fourth-order valence-corrected chi connectivity index (χ4v) is 3.75. The molecule has 3 rings (SSSR count). The lowest BCUT2D eigenvalue weighted by atomic mass is 10.0. The van der Waals surface area contributed by atoms with Crippen molar-refractivity contribution in [2.45, 2.75) is 26.9 Å². The monoisotopic (exact) mass is 414 g/mol. The molecule has 0 saturated heterocycles. The third kappa shape index (κ3) is 4.40. The lowest BCUT2D eigenvalue weighted by molar-refractivity contribution is 0.0380. The highest BCUT2D eigenvalue weighted by Gasteiger charge is 2.24. The van der Waals surface area contributed by atoms with Gasteiger partial charge in [0.05, 0.1) is 11.7 Å². The first-order chi connectivity index (χ1) is 13.4. The summed E-state index contributed by atoms with van der Waals surface area (Å²) in [5, 5.41) is 5.12. The minimum absolute atomic E-state index is 0.0987. The number of pyridine rings is 1. The van der Waals surface area contributed by atoms with Crippen molar-refractivity contribution in [3.63, 3.8) is 0 Å². The predicted molar refractivity (Wildman–Crippen MR) is 112 cm³/mol. The van der Waals surface area contributed by atoms with E-state index >= 15 is 0 Å². The van der Waals surface area contributed by atoms with Crippen molar-refractivity contribution >= 4 is 39.8 Å². The Morgan fingerprint density at radius 2 is 1.89 bits per heavy atom. The number of thiophene rings is 1. The van der Waals surface area contributed by atoms with Gasteiger partial charge in [-0.15, -0.1) is 11.3 Å². The fraction of sp³-hybridized carbons (Fsp3) is 0.190. The van der Waals surface area contributed by atoms with Crippen LogP contribution in [0.15, 0.2) is 48.0 Å². The van der Waals surface area contributed by atoms with Crippen LogP contribution >= 0.6 is 22.9 Å². The number of amides is 1. The van der Waals surface area contributed by atoms with Gasteiger partial charge in [-0.1, -0.05) is 41.4 Å². The highest BCUT2D eigenvalue weighted by Crippen LogP contribution is 2.37. The van der Waals surface area contributed by atoms with Crippen molar-refractivity contribution in [3.05, 3.63) is 69.8 Å². The summed E-state index contributed by atoms with van der Waals surface area (Å²) >= 11 is 7.28. The fourth-order valence-electron chi connectivity index (χ4n) is 2.60.